The van der Waals surface area contributed by atoms with Crippen molar-refractivity contribution in [3.05, 3.63) is 70.8 Å². The lowest BCUT2D eigenvalue weighted by molar-refractivity contribution is 0.260. The van der Waals surface area contributed by atoms with Crippen LogP contribution in [0.15, 0.2) is 54.1 Å². The first-order valence-corrected chi connectivity index (χ1v) is 13.9. The van der Waals surface area contributed by atoms with E-state index in [4.69, 9.17) is 6.42 Å². The molecule has 4 N–H and O–H groups in total. The molecule has 3 aromatic heterocycles. The summed E-state index contributed by atoms with van der Waals surface area (Å²) in [7, 11) is 0. The molecular formula is C30H30N8S. The summed E-state index contributed by atoms with van der Waals surface area (Å²) in [5.74, 6) is 2.76. The Morgan fingerprint density at radius 1 is 1.23 bits per heavy atom. The number of thiophene rings is 1. The molecule has 4 aromatic rings. The van der Waals surface area contributed by atoms with Gasteiger partial charge in [-0.25, -0.2) is 0 Å². The second-order valence-corrected chi connectivity index (χ2v) is 12.1. The predicted octanol–water partition coefficient (Wildman–Crippen LogP) is 5.64. The highest BCUT2D eigenvalue weighted by molar-refractivity contribution is 7.17. The number of benzene rings is 1. The molecule has 0 amide bonds. The zero-order valence-corrected chi connectivity index (χ0v) is 23.0. The molecule has 1 saturated carbocycles. The first kappa shape index (κ1) is 25.0. The molecule has 8 nitrogen and oxygen atoms in total. The van der Waals surface area contributed by atoms with Crippen molar-refractivity contribution >= 4 is 43.7 Å². The topological polar surface area (TPSA) is 101 Å². The molecule has 6 rings (SSSR count). The fourth-order valence-corrected chi connectivity index (χ4v) is 5.73. The molecular weight excluding hydrogens is 504 g/mol. The van der Waals surface area contributed by atoms with E-state index in [0.29, 0.717) is 22.7 Å². The minimum absolute atomic E-state index is 0.0381. The van der Waals surface area contributed by atoms with Gasteiger partial charge in [0.05, 0.1) is 38.8 Å². The van der Waals surface area contributed by atoms with E-state index in [-0.39, 0.29) is 11.5 Å². The maximum absolute atomic E-state index is 10.1. The predicted molar refractivity (Wildman–Crippen MR) is 158 cm³/mol. The third-order valence-corrected chi connectivity index (χ3v) is 7.88. The van der Waals surface area contributed by atoms with Gasteiger partial charge in [-0.2, -0.15) is 5.26 Å². The van der Waals surface area contributed by atoms with E-state index >= 15 is 0 Å². The Balaban J connectivity index is 1.46. The van der Waals surface area contributed by atoms with Crippen LogP contribution in [0, 0.1) is 29.1 Å². The van der Waals surface area contributed by atoms with E-state index < -0.39 is 0 Å². The van der Waals surface area contributed by atoms with Gasteiger partial charge < -0.3 is 16.1 Å². The second-order valence-electron chi connectivity index (χ2n) is 11.2. The minimum Gasteiger partial charge on any atom is -0.383 e. The second kappa shape index (κ2) is 9.77. The molecule has 0 bridgehead atoms. The summed E-state index contributed by atoms with van der Waals surface area (Å²) in [6.07, 6.45) is 15.8. The number of hydrazine groups is 2. The number of fused-ring (bicyclic) bond motifs is 2. The van der Waals surface area contributed by atoms with Crippen molar-refractivity contribution in [3.63, 3.8) is 0 Å². The van der Waals surface area contributed by atoms with Crippen LogP contribution in [0.25, 0.3) is 21.0 Å². The van der Waals surface area contributed by atoms with Crippen molar-refractivity contribution in [3.8, 4) is 18.4 Å². The molecule has 0 radical (unpaired) electrons. The van der Waals surface area contributed by atoms with Crippen LogP contribution < -0.4 is 21.6 Å². The van der Waals surface area contributed by atoms with Gasteiger partial charge in [0.1, 0.15) is 6.07 Å². The number of hydrogen-bond acceptors (Lipinski definition) is 9. The number of aromatic nitrogens is 2. The zero-order valence-electron chi connectivity index (χ0n) is 22.2. The number of nitrogens with one attached hydrogen (secondary N) is 4. The molecule has 39 heavy (non-hydrogen) atoms. The van der Waals surface area contributed by atoms with Gasteiger partial charge in [-0.15, -0.1) is 23.3 Å². The Kier molecular flexibility index (Phi) is 6.26. The van der Waals surface area contributed by atoms with Gasteiger partial charge in [0.2, 0.25) is 0 Å². The monoisotopic (exact) mass is 534 g/mol. The van der Waals surface area contributed by atoms with Crippen molar-refractivity contribution in [2.75, 3.05) is 17.2 Å². The third-order valence-electron chi connectivity index (χ3n) is 6.93. The SMILES string of the molecule is C#Cc1cnc2c(C#N)cc(N[C@H](C3=CN(C4CC4)NN3)c3csc4cnccc34)cc2c1NCC(C)(C)C. The van der Waals surface area contributed by atoms with Crippen molar-refractivity contribution in [1.82, 2.24) is 25.9 Å². The van der Waals surface area contributed by atoms with Crippen LogP contribution in [0.3, 0.4) is 0 Å². The van der Waals surface area contributed by atoms with Crippen LogP contribution >= 0.6 is 11.3 Å². The van der Waals surface area contributed by atoms with Crippen molar-refractivity contribution in [1.29, 1.82) is 5.26 Å². The van der Waals surface area contributed by atoms with Gasteiger partial charge in [0.15, 0.2) is 0 Å². The number of nitrogens with zero attached hydrogens (tertiary/aromatic N) is 4. The van der Waals surface area contributed by atoms with Gasteiger partial charge in [0, 0.05) is 53.8 Å². The Labute approximate surface area is 232 Å². The third kappa shape index (κ3) is 4.95. The molecule has 9 heteroatoms. The largest absolute Gasteiger partial charge is 0.383 e. The summed E-state index contributed by atoms with van der Waals surface area (Å²) in [5.41, 5.74) is 12.3. The summed E-state index contributed by atoms with van der Waals surface area (Å²) < 4.78 is 1.12. The Morgan fingerprint density at radius 2 is 2.08 bits per heavy atom. The molecule has 0 unspecified atom stereocenters. The lowest BCUT2D eigenvalue weighted by atomic mass is 9.96. The fourth-order valence-electron chi connectivity index (χ4n) is 4.78. The highest BCUT2D eigenvalue weighted by Gasteiger charge is 2.33. The van der Waals surface area contributed by atoms with E-state index in [9.17, 15) is 5.26 Å². The number of hydrogen-bond donors (Lipinski definition) is 4. The van der Waals surface area contributed by atoms with Crippen molar-refractivity contribution in [2.24, 2.45) is 5.41 Å². The van der Waals surface area contributed by atoms with Crippen LogP contribution in [0.4, 0.5) is 11.4 Å². The standard InChI is InChI=1S/C30H30N8S/c1-5-18-13-33-28-19(12-31)10-20(11-23(28)27(18)34-17-30(2,3)4)35-29(25-15-38(37-36-25)21-6-7-21)24-16-39-26-14-32-9-8-22(24)26/h1,8-11,13-16,21,29,35-37H,6-7,17H2,2-4H3,(H,33,34)/t29-/m0/s1. The Morgan fingerprint density at radius 3 is 2.82 bits per heavy atom. The van der Waals surface area contributed by atoms with Crippen LogP contribution in [0.5, 0.6) is 0 Å². The molecule has 1 atom stereocenters. The van der Waals surface area contributed by atoms with Gasteiger partial charge >= 0.3 is 0 Å². The average Bonchev–Trinajstić information content (AvgIpc) is 3.51. The van der Waals surface area contributed by atoms with Gasteiger partial charge in [-0.3, -0.25) is 15.0 Å². The van der Waals surface area contributed by atoms with Crippen molar-refractivity contribution in [2.45, 2.75) is 45.7 Å². The Hall–Kier alpha value is -4.31. The van der Waals surface area contributed by atoms with Crippen LogP contribution in [-0.2, 0) is 0 Å². The highest BCUT2D eigenvalue weighted by atomic mass is 32.1. The molecule has 1 fully saturated rings. The first-order valence-electron chi connectivity index (χ1n) is 13.0. The van der Waals surface area contributed by atoms with E-state index in [0.717, 1.165) is 44.7 Å². The van der Waals surface area contributed by atoms with E-state index in [1.807, 2.05) is 24.5 Å². The van der Waals surface area contributed by atoms with E-state index in [1.54, 1.807) is 17.5 Å². The molecule has 4 heterocycles. The quantitative estimate of drug-likeness (QED) is 0.226. The summed E-state index contributed by atoms with van der Waals surface area (Å²) in [4.78, 5) is 8.88. The molecule has 0 spiro atoms. The number of terminal acetylenes is 1. The average molecular weight is 535 g/mol. The zero-order chi connectivity index (χ0) is 27.1. The smallest absolute Gasteiger partial charge is 0.102 e. The van der Waals surface area contributed by atoms with Gasteiger partial charge in [-0.05, 0) is 47.4 Å². The highest BCUT2D eigenvalue weighted by Crippen LogP contribution is 2.38. The number of pyridine rings is 2. The molecule has 196 valence electrons. The number of anilines is 2. The summed E-state index contributed by atoms with van der Waals surface area (Å²) in [6.45, 7) is 7.22. The summed E-state index contributed by atoms with van der Waals surface area (Å²) in [6, 6.07) is 8.61. The maximum atomic E-state index is 10.1. The van der Waals surface area contributed by atoms with Gasteiger partial charge in [-0.1, -0.05) is 26.7 Å². The molecule has 1 aliphatic carbocycles. The van der Waals surface area contributed by atoms with E-state index in [1.165, 1.54) is 12.8 Å². The Bertz CT molecular complexity index is 1680. The van der Waals surface area contributed by atoms with Gasteiger partial charge in [0.25, 0.3) is 0 Å². The lowest BCUT2D eigenvalue weighted by Gasteiger charge is -2.23. The van der Waals surface area contributed by atoms with Crippen molar-refractivity contribution < 1.29 is 0 Å². The molecule has 2 aliphatic rings. The fraction of sp³-hybridized carbons (Fsp3) is 0.300. The maximum Gasteiger partial charge on any atom is 0.102 e. The van der Waals surface area contributed by atoms with Crippen LogP contribution in [-0.4, -0.2) is 27.6 Å². The summed E-state index contributed by atoms with van der Waals surface area (Å²) in [5, 5.41) is 23.6. The lowest BCUT2D eigenvalue weighted by Crippen LogP contribution is -2.38. The number of rotatable bonds is 7. The normalized spacial score (nSPS) is 15.9. The van der Waals surface area contributed by atoms with Crippen LogP contribution in [0.1, 0.15) is 56.3 Å². The molecule has 1 aromatic carbocycles. The van der Waals surface area contributed by atoms with E-state index in [2.05, 4.69) is 87.0 Å². The minimum atomic E-state index is -0.198. The molecule has 0 saturated heterocycles. The molecule has 1 aliphatic heterocycles. The summed E-state index contributed by atoms with van der Waals surface area (Å²) >= 11 is 1.67. The number of nitriles is 1. The van der Waals surface area contributed by atoms with Crippen LogP contribution in [0.2, 0.25) is 0 Å². The first-order chi connectivity index (χ1) is 18.8.